The highest BCUT2D eigenvalue weighted by molar-refractivity contribution is 7.90. The normalized spacial score (nSPS) is 11.4. The Morgan fingerprint density at radius 3 is 2.50 bits per heavy atom. The van der Waals surface area contributed by atoms with E-state index in [9.17, 15) is 17.6 Å². The van der Waals surface area contributed by atoms with Crippen molar-refractivity contribution in [2.45, 2.75) is 17.7 Å². The number of carboxylic acids is 1. The summed E-state index contributed by atoms with van der Waals surface area (Å²) in [5.74, 6) is -1.71. The van der Waals surface area contributed by atoms with Crippen LogP contribution in [0.2, 0.25) is 0 Å². The molecule has 0 aliphatic rings. The molecule has 1 aromatic carbocycles. The van der Waals surface area contributed by atoms with Gasteiger partial charge in [0.1, 0.15) is 5.82 Å². The Morgan fingerprint density at radius 1 is 1.44 bits per heavy atom. The van der Waals surface area contributed by atoms with Crippen molar-refractivity contribution in [1.82, 2.24) is 0 Å². The number of rotatable bonds is 4. The third-order valence-electron chi connectivity index (χ3n) is 2.06. The summed E-state index contributed by atoms with van der Waals surface area (Å²) in [4.78, 5) is 10.2. The van der Waals surface area contributed by atoms with Crippen LogP contribution >= 0.6 is 0 Å². The predicted molar refractivity (Wildman–Crippen MR) is 55.5 cm³/mol. The maximum atomic E-state index is 13.4. The number of sulfone groups is 1. The second-order valence-electron chi connectivity index (χ2n) is 3.42. The molecule has 0 aliphatic carbocycles. The first-order chi connectivity index (χ1) is 7.30. The molecule has 88 valence electrons. The Labute approximate surface area is 92.6 Å². The van der Waals surface area contributed by atoms with E-state index in [4.69, 9.17) is 5.11 Å². The molecule has 1 rings (SSSR count). The van der Waals surface area contributed by atoms with Gasteiger partial charge in [-0.05, 0) is 24.1 Å². The zero-order chi connectivity index (χ0) is 12.3. The van der Waals surface area contributed by atoms with Gasteiger partial charge in [0, 0.05) is 12.7 Å². The van der Waals surface area contributed by atoms with Crippen LogP contribution in [0.25, 0.3) is 0 Å². The van der Waals surface area contributed by atoms with Gasteiger partial charge in [0.25, 0.3) is 0 Å². The summed E-state index contributed by atoms with van der Waals surface area (Å²) >= 11 is 0. The highest BCUT2D eigenvalue weighted by atomic mass is 32.2. The van der Waals surface area contributed by atoms with E-state index in [1.54, 1.807) is 0 Å². The van der Waals surface area contributed by atoms with Crippen molar-refractivity contribution < 1.29 is 22.7 Å². The fourth-order valence-corrected chi connectivity index (χ4v) is 1.84. The highest BCUT2D eigenvalue weighted by Gasteiger charge is 2.11. The summed E-state index contributed by atoms with van der Waals surface area (Å²) in [5, 5.41) is 8.43. The van der Waals surface area contributed by atoms with Crippen molar-refractivity contribution in [2.75, 3.05) is 6.26 Å². The van der Waals surface area contributed by atoms with Crippen LogP contribution in [-0.2, 0) is 21.1 Å². The molecule has 0 atom stereocenters. The van der Waals surface area contributed by atoms with Crippen LogP contribution in [0.4, 0.5) is 4.39 Å². The van der Waals surface area contributed by atoms with Crippen LogP contribution < -0.4 is 0 Å². The minimum atomic E-state index is -3.43. The number of carbonyl (C=O) groups is 1. The highest BCUT2D eigenvalue weighted by Crippen LogP contribution is 2.16. The van der Waals surface area contributed by atoms with E-state index in [-0.39, 0.29) is 23.3 Å². The molecule has 1 N–H and O–H groups in total. The van der Waals surface area contributed by atoms with E-state index >= 15 is 0 Å². The van der Waals surface area contributed by atoms with Gasteiger partial charge in [-0.1, -0.05) is 6.07 Å². The largest absolute Gasteiger partial charge is 0.481 e. The molecule has 0 unspecified atom stereocenters. The molecule has 16 heavy (non-hydrogen) atoms. The standard InChI is InChI=1S/C10H11FO4S/c1-16(14,15)8-4-2-7(9(11)6-8)3-5-10(12)13/h2,4,6H,3,5H2,1H3,(H,12,13). The first kappa shape index (κ1) is 12.6. The Morgan fingerprint density at radius 2 is 2.06 bits per heavy atom. The summed E-state index contributed by atoms with van der Waals surface area (Å²) in [6.07, 6.45) is 0.846. The molecule has 0 bridgehead atoms. The van der Waals surface area contributed by atoms with Crippen LogP contribution in [0.5, 0.6) is 0 Å². The van der Waals surface area contributed by atoms with Crippen LogP contribution in [0.3, 0.4) is 0 Å². The maximum absolute atomic E-state index is 13.4. The van der Waals surface area contributed by atoms with E-state index in [0.717, 1.165) is 12.3 Å². The van der Waals surface area contributed by atoms with Crippen molar-refractivity contribution in [3.8, 4) is 0 Å². The molecule has 6 heteroatoms. The minimum Gasteiger partial charge on any atom is -0.481 e. The number of benzene rings is 1. The summed E-state index contributed by atoms with van der Waals surface area (Å²) in [6, 6.07) is 3.48. The van der Waals surface area contributed by atoms with E-state index in [1.165, 1.54) is 12.1 Å². The van der Waals surface area contributed by atoms with Gasteiger partial charge in [0.05, 0.1) is 4.90 Å². The molecular formula is C10H11FO4S. The van der Waals surface area contributed by atoms with Crippen LogP contribution in [-0.4, -0.2) is 25.7 Å². The molecule has 0 aliphatic heterocycles. The molecule has 0 radical (unpaired) electrons. The van der Waals surface area contributed by atoms with Gasteiger partial charge in [-0.25, -0.2) is 12.8 Å². The molecule has 0 heterocycles. The zero-order valence-electron chi connectivity index (χ0n) is 8.60. The number of carboxylic acid groups (broad SMARTS) is 1. The third kappa shape index (κ3) is 3.30. The minimum absolute atomic E-state index is 0.0468. The lowest BCUT2D eigenvalue weighted by Gasteiger charge is -2.03. The third-order valence-corrected chi connectivity index (χ3v) is 3.17. The van der Waals surface area contributed by atoms with Gasteiger partial charge in [-0.2, -0.15) is 0 Å². The molecular weight excluding hydrogens is 235 g/mol. The monoisotopic (exact) mass is 246 g/mol. The van der Waals surface area contributed by atoms with Crippen LogP contribution in [0.15, 0.2) is 23.1 Å². The van der Waals surface area contributed by atoms with Gasteiger partial charge in [-0.3, -0.25) is 4.79 Å². The second-order valence-corrected chi connectivity index (χ2v) is 5.43. The number of hydrogen-bond donors (Lipinski definition) is 1. The SMILES string of the molecule is CS(=O)(=O)c1ccc(CCC(=O)O)c(F)c1. The number of aryl methyl sites for hydroxylation is 1. The smallest absolute Gasteiger partial charge is 0.303 e. The van der Waals surface area contributed by atoms with Gasteiger partial charge in [-0.15, -0.1) is 0 Å². The lowest BCUT2D eigenvalue weighted by Crippen LogP contribution is -2.02. The molecule has 0 saturated heterocycles. The Bertz CT molecular complexity index is 508. The molecule has 0 spiro atoms. The summed E-state index contributed by atoms with van der Waals surface area (Å²) in [6.45, 7) is 0. The van der Waals surface area contributed by atoms with Crippen molar-refractivity contribution in [1.29, 1.82) is 0 Å². The molecule has 0 aromatic heterocycles. The Kier molecular flexibility index (Phi) is 3.64. The van der Waals surface area contributed by atoms with Gasteiger partial charge in [0.15, 0.2) is 9.84 Å². The van der Waals surface area contributed by atoms with Gasteiger partial charge < -0.3 is 5.11 Å². The van der Waals surface area contributed by atoms with Gasteiger partial charge in [0.2, 0.25) is 0 Å². The van der Waals surface area contributed by atoms with E-state index in [1.807, 2.05) is 0 Å². The Hall–Kier alpha value is -1.43. The fraction of sp³-hybridized carbons (Fsp3) is 0.300. The molecule has 1 aromatic rings. The molecule has 0 amide bonds. The maximum Gasteiger partial charge on any atom is 0.303 e. The van der Waals surface area contributed by atoms with Crippen LogP contribution in [0.1, 0.15) is 12.0 Å². The average Bonchev–Trinajstić information content (AvgIpc) is 2.14. The Balaban J connectivity index is 2.96. The number of hydrogen-bond acceptors (Lipinski definition) is 3. The molecule has 4 nitrogen and oxygen atoms in total. The quantitative estimate of drug-likeness (QED) is 0.867. The van der Waals surface area contributed by atoms with E-state index in [2.05, 4.69) is 0 Å². The first-order valence-electron chi connectivity index (χ1n) is 4.51. The summed E-state index contributed by atoms with van der Waals surface area (Å²) < 4.78 is 35.6. The van der Waals surface area contributed by atoms with Crippen molar-refractivity contribution in [2.24, 2.45) is 0 Å². The van der Waals surface area contributed by atoms with Crippen molar-refractivity contribution in [3.05, 3.63) is 29.6 Å². The molecule has 0 fully saturated rings. The lowest BCUT2D eigenvalue weighted by atomic mass is 10.1. The topological polar surface area (TPSA) is 71.4 Å². The first-order valence-corrected chi connectivity index (χ1v) is 6.40. The fourth-order valence-electron chi connectivity index (χ4n) is 1.20. The summed E-state index contributed by atoms with van der Waals surface area (Å²) in [5.41, 5.74) is 0.204. The number of aliphatic carboxylic acids is 1. The number of halogens is 1. The van der Waals surface area contributed by atoms with E-state index < -0.39 is 21.6 Å². The van der Waals surface area contributed by atoms with E-state index in [0.29, 0.717) is 0 Å². The van der Waals surface area contributed by atoms with Crippen molar-refractivity contribution in [3.63, 3.8) is 0 Å². The van der Waals surface area contributed by atoms with Crippen molar-refractivity contribution >= 4 is 15.8 Å². The predicted octanol–water partition coefficient (Wildman–Crippen LogP) is 1.25. The average molecular weight is 246 g/mol. The lowest BCUT2D eigenvalue weighted by molar-refractivity contribution is -0.136. The zero-order valence-corrected chi connectivity index (χ0v) is 9.42. The second kappa shape index (κ2) is 4.61. The summed E-state index contributed by atoms with van der Waals surface area (Å²) in [7, 11) is -3.43. The van der Waals surface area contributed by atoms with Gasteiger partial charge >= 0.3 is 5.97 Å². The van der Waals surface area contributed by atoms with Crippen LogP contribution in [0, 0.1) is 5.82 Å². The molecule has 0 saturated carbocycles.